The largest absolute Gasteiger partial charge is 0.493 e. The molecule has 0 spiro atoms. The van der Waals surface area contributed by atoms with Gasteiger partial charge in [-0.05, 0) is 17.7 Å². The van der Waals surface area contributed by atoms with E-state index >= 15 is 0 Å². The van der Waals surface area contributed by atoms with E-state index in [0.717, 1.165) is 38.4 Å². The van der Waals surface area contributed by atoms with Crippen molar-refractivity contribution in [3.63, 3.8) is 0 Å². The minimum Gasteiger partial charge on any atom is -0.493 e. The SMILES string of the molecule is COc1cc(C(=O)NCCN2CCOCC2)cc(OC)c1OCc1ccccc1. The van der Waals surface area contributed by atoms with Crippen molar-refractivity contribution in [2.24, 2.45) is 0 Å². The molecule has 156 valence electrons. The molecule has 1 aliphatic rings. The number of morpholine rings is 1. The first-order valence-electron chi connectivity index (χ1n) is 9.72. The Kier molecular flexibility index (Phi) is 7.72. The van der Waals surface area contributed by atoms with Gasteiger partial charge in [0.15, 0.2) is 11.5 Å². The number of carbonyl (C=O) groups is 1. The van der Waals surface area contributed by atoms with E-state index in [2.05, 4.69) is 10.2 Å². The van der Waals surface area contributed by atoms with Gasteiger partial charge in [0.25, 0.3) is 5.91 Å². The van der Waals surface area contributed by atoms with E-state index in [1.807, 2.05) is 30.3 Å². The maximum absolute atomic E-state index is 12.6. The summed E-state index contributed by atoms with van der Waals surface area (Å²) in [5, 5.41) is 2.95. The van der Waals surface area contributed by atoms with Crippen LogP contribution in [0.25, 0.3) is 0 Å². The second kappa shape index (κ2) is 10.7. The molecule has 29 heavy (non-hydrogen) atoms. The Morgan fingerprint density at radius 3 is 2.34 bits per heavy atom. The van der Waals surface area contributed by atoms with Crippen LogP contribution in [0.15, 0.2) is 42.5 Å². The zero-order chi connectivity index (χ0) is 20.5. The van der Waals surface area contributed by atoms with Crippen LogP contribution in [0, 0.1) is 0 Å². The summed E-state index contributed by atoms with van der Waals surface area (Å²) in [5.74, 6) is 1.21. The average Bonchev–Trinajstić information content (AvgIpc) is 2.78. The molecule has 3 rings (SSSR count). The lowest BCUT2D eigenvalue weighted by molar-refractivity contribution is 0.0383. The molecule has 2 aromatic rings. The summed E-state index contributed by atoms with van der Waals surface area (Å²) < 4.78 is 22.2. The molecule has 0 unspecified atom stereocenters. The molecule has 1 fully saturated rings. The van der Waals surface area contributed by atoms with E-state index in [0.29, 0.717) is 36.0 Å². The summed E-state index contributed by atoms with van der Waals surface area (Å²) in [5.41, 5.74) is 1.49. The van der Waals surface area contributed by atoms with Gasteiger partial charge in [0.2, 0.25) is 5.75 Å². The van der Waals surface area contributed by atoms with Crippen molar-refractivity contribution in [2.75, 3.05) is 53.6 Å². The zero-order valence-electron chi connectivity index (χ0n) is 17.0. The second-order valence-corrected chi connectivity index (χ2v) is 6.69. The number of nitrogens with zero attached hydrogens (tertiary/aromatic N) is 1. The number of methoxy groups -OCH3 is 2. The molecule has 2 aromatic carbocycles. The number of nitrogens with one attached hydrogen (secondary N) is 1. The van der Waals surface area contributed by atoms with Gasteiger partial charge in [-0.15, -0.1) is 0 Å². The number of ether oxygens (including phenoxy) is 4. The van der Waals surface area contributed by atoms with Gasteiger partial charge in [0.1, 0.15) is 6.61 Å². The molecular weight excluding hydrogens is 372 g/mol. The lowest BCUT2D eigenvalue weighted by Gasteiger charge is -2.26. The summed E-state index contributed by atoms with van der Waals surface area (Å²) in [4.78, 5) is 14.9. The zero-order valence-corrected chi connectivity index (χ0v) is 17.0. The van der Waals surface area contributed by atoms with Gasteiger partial charge in [-0.3, -0.25) is 9.69 Å². The minimum absolute atomic E-state index is 0.176. The van der Waals surface area contributed by atoms with Crippen LogP contribution in [0.3, 0.4) is 0 Å². The van der Waals surface area contributed by atoms with Gasteiger partial charge in [0.05, 0.1) is 27.4 Å². The van der Waals surface area contributed by atoms with E-state index in [4.69, 9.17) is 18.9 Å². The minimum atomic E-state index is -0.176. The number of rotatable bonds is 9. The molecule has 0 radical (unpaired) electrons. The molecule has 0 atom stereocenters. The van der Waals surface area contributed by atoms with Crippen molar-refractivity contribution >= 4 is 5.91 Å². The highest BCUT2D eigenvalue weighted by Crippen LogP contribution is 2.39. The second-order valence-electron chi connectivity index (χ2n) is 6.69. The molecule has 0 bridgehead atoms. The fourth-order valence-electron chi connectivity index (χ4n) is 3.14. The summed E-state index contributed by atoms with van der Waals surface area (Å²) in [6.07, 6.45) is 0. The van der Waals surface area contributed by atoms with E-state index < -0.39 is 0 Å². The van der Waals surface area contributed by atoms with Crippen molar-refractivity contribution < 1.29 is 23.7 Å². The molecule has 0 saturated carbocycles. The lowest BCUT2D eigenvalue weighted by atomic mass is 10.1. The maximum Gasteiger partial charge on any atom is 0.251 e. The Morgan fingerprint density at radius 2 is 1.72 bits per heavy atom. The van der Waals surface area contributed by atoms with Crippen molar-refractivity contribution in [1.82, 2.24) is 10.2 Å². The van der Waals surface area contributed by atoms with E-state index in [1.165, 1.54) is 0 Å². The Hall–Kier alpha value is -2.77. The predicted molar refractivity (Wildman–Crippen MR) is 110 cm³/mol. The third-order valence-corrected chi connectivity index (χ3v) is 4.77. The number of benzene rings is 2. The first kappa shape index (κ1) is 21.0. The maximum atomic E-state index is 12.6. The summed E-state index contributed by atoms with van der Waals surface area (Å²) in [7, 11) is 3.09. The predicted octanol–water partition coefficient (Wildman–Crippen LogP) is 2.34. The lowest BCUT2D eigenvalue weighted by Crippen LogP contribution is -2.41. The summed E-state index contributed by atoms with van der Waals surface area (Å²) in [6, 6.07) is 13.2. The van der Waals surface area contributed by atoms with Gasteiger partial charge >= 0.3 is 0 Å². The van der Waals surface area contributed by atoms with Crippen LogP contribution < -0.4 is 19.5 Å². The average molecular weight is 400 g/mol. The van der Waals surface area contributed by atoms with Crippen LogP contribution in [0.4, 0.5) is 0 Å². The topological polar surface area (TPSA) is 69.3 Å². The van der Waals surface area contributed by atoms with Crippen LogP contribution in [-0.2, 0) is 11.3 Å². The molecule has 1 aliphatic heterocycles. The van der Waals surface area contributed by atoms with Crippen LogP contribution in [-0.4, -0.2) is 64.4 Å². The quantitative estimate of drug-likeness (QED) is 0.697. The summed E-state index contributed by atoms with van der Waals surface area (Å²) in [6.45, 7) is 5.01. The molecule has 1 N–H and O–H groups in total. The van der Waals surface area contributed by atoms with Crippen LogP contribution in [0.1, 0.15) is 15.9 Å². The van der Waals surface area contributed by atoms with Crippen LogP contribution in [0.2, 0.25) is 0 Å². The number of hydrogen-bond donors (Lipinski definition) is 1. The summed E-state index contributed by atoms with van der Waals surface area (Å²) >= 11 is 0. The Balaban J connectivity index is 1.65. The molecule has 1 amide bonds. The molecule has 7 nitrogen and oxygen atoms in total. The highest BCUT2D eigenvalue weighted by molar-refractivity contribution is 5.95. The number of hydrogen-bond acceptors (Lipinski definition) is 6. The molecule has 0 aromatic heterocycles. The van der Waals surface area contributed by atoms with Gasteiger partial charge < -0.3 is 24.3 Å². The molecule has 1 saturated heterocycles. The van der Waals surface area contributed by atoms with Crippen LogP contribution >= 0.6 is 0 Å². The molecular formula is C22H28N2O5. The fraction of sp³-hybridized carbons (Fsp3) is 0.409. The van der Waals surface area contributed by atoms with E-state index in [9.17, 15) is 4.79 Å². The highest BCUT2D eigenvalue weighted by Gasteiger charge is 2.18. The number of amides is 1. The van der Waals surface area contributed by atoms with Gasteiger partial charge in [-0.2, -0.15) is 0 Å². The van der Waals surface area contributed by atoms with Crippen molar-refractivity contribution in [2.45, 2.75) is 6.61 Å². The van der Waals surface area contributed by atoms with Gasteiger partial charge in [-0.1, -0.05) is 30.3 Å². The smallest absolute Gasteiger partial charge is 0.251 e. The molecule has 1 heterocycles. The first-order valence-corrected chi connectivity index (χ1v) is 9.72. The highest BCUT2D eigenvalue weighted by atomic mass is 16.5. The van der Waals surface area contributed by atoms with Gasteiger partial charge in [-0.25, -0.2) is 0 Å². The van der Waals surface area contributed by atoms with Crippen LogP contribution in [0.5, 0.6) is 17.2 Å². The number of carbonyl (C=O) groups excluding carboxylic acids is 1. The standard InChI is InChI=1S/C22H28N2O5/c1-26-19-14-18(22(25)23-8-9-24-10-12-28-13-11-24)15-20(27-2)21(19)29-16-17-6-4-3-5-7-17/h3-7,14-15H,8-13,16H2,1-2H3,(H,23,25). The first-order chi connectivity index (χ1) is 14.2. The molecule has 0 aliphatic carbocycles. The third-order valence-electron chi connectivity index (χ3n) is 4.77. The Morgan fingerprint density at radius 1 is 1.07 bits per heavy atom. The molecule has 7 heteroatoms. The monoisotopic (exact) mass is 400 g/mol. The van der Waals surface area contributed by atoms with Gasteiger partial charge in [0, 0.05) is 31.7 Å². The normalized spacial score (nSPS) is 14.3. The third kappa shape index (κ3) is 5.85. The van der Waals surface area contributed by atoms with Crippen molar-refractivity contribution in [1.29, 1.82) is 0 Å². The van der Waals surface area contributed by atoms with E-state index in [1.54, 1.807) is 26.4 Å². The van der Waals surface area contributed by atoms with E-state index in [-0.39, 0.29) is 5.91 Å². The van der Waals surface area contributed by atoms with Crippen molar-refractivity contribution in [3.05, 3.63) is 53.6 Å². The van der Waals surface area contributed by atoms with Crippen molar-refractivity contribution in [3.8, 4) is 17.2 Å². The fourth-order valence-corrected chi connectivity index (χ4v) is 3.14. The Labute approximate surface area is 171 Å². The Bertz CT molecular complexity index is 766.